The van der Waals surface area contributed by atoms with Gasteiger partial charge in [0.25, 0.3) is 0 Å². The minimum absolute atomic E-state index is 0.00396. The fourth-order valence-electron chi connectivity index (χ4n) is 8.27. The van der Waals surface area contributed by atoms with Crippen LogP contribution in [0.5, 0.6) is 0 Å². The number of aromatic amines is 1. The highest BCUT2D eigenvalue weighted by Gasteiger charge is 2.28. The Morgan fingerprint density at radius 2 is 1.13 bits per heavy atom. The van der Waals surface area contributed by atoms with Gasteiger partial charge in [-0.1, -0.05) is 71.9 Å². The number of fused-ring (bicyclic) bond motifs is 6. The van der Waals surface area contributed by atoms with Gasteiger partial charge in [-0.15, -0.1) is 0 Å². The van der Waals surface area contributed by atoms with Crippen molar-refractivity contribution in [1.29, 1.82) is 26.3 Å². The van der Waals surface area contributed by atoms with Crippen molar-refractivity contribution in [3.8, 4) is 64.5 Å². The molecule has 11 nitrogen and oxygen atoms in total. The van der Waals surface area contributed by atoms with Crippen molar-refractivity contribution in [2.45, 2.75) is 52.4 Å². The molecule has 0 atom stereocenters. The maximum Gasteiger partial charge on any atom is 0.146 e. The van der Waals surface area contributed by atoms with Crippen LogP contribution in [-0.2, 0) is 10.8 Å². The minimum atomic E-state index is -0.319. The lowest BCUT2D eigenvalue weighted by atomic mass is 9.86. The molecule has 0 bridgehead atoms. The molecule has 9 aromatic rings. The molecular weight excluding hydrogens is 755 g/mol. The fraction of sp³-hybridized carbons (Fsp3) is 0.160. The molecule has 290 valence electrons. The highest BCUT2D eigenvalue weighted by molar-refractivity contribution is 6.11. The second kappa shape index (κ2) is 13.8. The van der Waals surface area contributed by atoms with Crippen LogP contribution in [0.25, 0.3) is 77.9 Å². The zero-order valence-electron chi connectivity index (χ0n) is 34.2. The van der Waals surface area contributed by atoms with Crippen molar-refractivity contribution in [3.63, 3.8) is 0 Å². The molecule has 0 fully saturated rings. The molecule has 0 unspecified atom stereocenters. The van der Waals surface area contributed by atoms with Gasteiger partial charge in [-0.3, -0.25) is 14.2 Å². The third-order valence-electron chi connectivity index (χ3n) is 11.4. The molecule has 0 aliphatic carbocycles. The Balaban J connectivity index is 1.29. The summed E-state index contributed by atoms with van der Waals surface area (Å²) in [6.45, 7) is 13.2. The number of H-pyrrole nitrogens is 1. The molecule has 11 heteroatoms. The van der Waals surface area contributed by atoms with E-state index in [2.05, 4.69) is 128 Å². The van der Waals surface area contributed by atoms with E-state index < -0.39 is 0 Å². The van der Waals surface area contributed by atoms with Gasteiger partial charge in [0.15, 0.2) is 0 Å². The van der Waals surface area contributed by atoms with Crippen LogP contribution in [0.1, 0.15) is 80.5 Å². The Bertz CT molecular complexity index is 3510. The molecule has 5 heterocycles. The molecule has 0 aliphatic rings. The second-order valence-corrected chi connectivity index (χ2v) is 17.1. The van der Waals surface area contributed by atoms with Gasteiger partial charge in [-0.2, -0.15) is 31.4 Å². The summed E-state index contributed by atoms with van der Waals surface area (Å²) in [7, 11) is 0. The number of aromatic nitrogens is 6. The van der Waals surface area contributed by atoms with Crippen LogP contribution in [0.15, 0.2) is 97.2 Å². The van der Waals surface area contributed by atoms with Gasteiger partial charge >= 0.3 is 0 Å². The summed E-state index contributed by atoms with van der Waals surface area (Å²) in [6, 6.07) is 40.7. The topological polar surface area (TPSA) is 183 Å². The van der Waals surface area contributed by atoms with Gasteiger partial charge in [0.1, 0.15) is 41.8 Å². The lowest BCUT2D eigenvalue weighted by Gasteiger charge is -2.20. The lowest BCUT2D eigenvalue weighted by molar-refractivity contribution is 0.588. The number of rotatable bonds is 4. The predicted molar refractivity (Wildman–Crippen MR) is 235 cm³/mol. The van der Waals surface area contributed by atoms with Gasteiger partial charge in [0, 0.05) is 39.0 Å². The van der Waals surface area contributed by atoms with E-state index in [4.69, 9.17) is 9.97 Å². The normalized spacial score (nSPS) is 11.7. The molecule has 0 saturated heterocycles. The van der Waals surface area contributed by atoms with E-state index in [9.17, 15) is 26.3 Å². The minimum Gasteiger partial charge on any atom is -0.294 e. The number of hydrogen-bond acceptors (Lipinski definition) is 8. The Labute approximate surface area is 351 Å². The van der Waals surface area contributed by atoms with Crippen LogP contribution < -0.4 is 0 Å². The summed E-state index contributed by atoms with van der Waals surface area (Å²) < 4.78 is 4.39. The van der Waals surface area contributed by atoms with Gasteiger partial charge in [-0.05, 0) is 82.6 Å². The average molecular weight is 790 g/mol. The maximum absolute atomic E-state index is 10.2. The molecule has 61 heavy (non-hydrogen) atoms. The SMILES string of the molecule is CC(C)(C)c1ccnc(-n2c3ccccc3c3ccc(-n4c5ccc(C(C)(C)C)cc5c5ccc(-c6cc(-c7c(C#N)c(C#N)c(C#N)c(C#N)c7C#N)n[nH]6)nc54)cc32)c1. The van der Waals surface area contributed by atoms with E-state index in [1.807, 2.05) is 54.7 Å². The van der Waals surface area contributed by atoms with E-state index in [1.54, 1.807) is 6.07 Å². The zero-order chi connectivity index (χ0) is 43.0. The molecule has 4 aromatic carbocycles. The van der Waals surface area contributed by atoms with E-state index in [-0.39, 0.29) is 49.9 Å². The largest absolute Gasteiger partial charge is 0.294 e. The molecule has 9 rings (SSSR count). The molecule has 0 saturated carbocycles. The number of benzene rings is 4. The first-order valence-electron chi connectivity index (χ1n) is 19.6. The molecule has 0 radical (unpaired) electrons. The summed E-state index contributed by atoms with van der Waals surface area (Å²) >= 11 is 0. The van der Waals surface area contributed by atoms with Crippen LogP contribution in [0, 0.1) is 56.7 Å². The van der Waals surface area contributed by atoms with Gasteiger partial charge in [0.2, 0.25) is 0 Å². The summed E-state index contributed by atoms with van der Waals surface area (Å²) in [6.07, 6.45) is 1.88. The fourth-order valence-corrected chi connectivity index (χ4v) is 8.27. The Hall–Kier alpha value is -8.56. The van der Waals surface area contributed by atoms with E-state index in [1.165, 1.54) is 11.1 Å². The third kappa shape index (κ3) is 5.86. The maximum atomic E-state index is 10.2. The highest BCUT2D eigenvalue weighted by Crippen LogP contribution is 2.40. The third-order valence-corrected chi connectivity index (χ3v) is 11.4. The summed E-state index contributed by atoms with van der Waals surface area (Å²) in [5.41, 5.74) is 6.60. The monoisotopic (exact) mass is 789 g/mol. The number of nitriles is 5. The Kier molecular flexibility index (Phi) is 8.58. The zero-order valence-corrected chi connectivity index (χ0v) is 34.2. The number of para-hydroxylation sites is 1. The van der Waals surface area contributed by atoms with Gasteiger partial charge in [-0.25, -0.2) is 9.97 Å². The first-order valence-corrected chi connectivity index (χ1v) is 19.6. The van der Waals surface area contributed by atoms with Crippen molar-refractivity contribution in [1.82, 2.24) is 29.3 Å². The van der Waals surface area contributed by atoms with Crippen molar-refractivity contribution < 1.29 is 0 Å². The van der Waals surface area contributed by atoms with Crippen LogP contribution in [0.2, 0.25) is 0 Å². The van der Waals surface area contributed by atoms with Crippen LogP contribution in [0.4, 0.5) is 0 Å². The van der Waals surface area contributed by atoms with E-state index >= 15 is 0 Å². The molecular formula is C50H35N11. The van der Waals surface area contributed by atoms with Crippen molar-refractivity contribution in [2.24, 2.45) is 0 Å². The smallest absolute Gasteiger partial charge is 0.146 e. The first-order chi connectivity index (χ1) is 29.3. The van der Waals surface area contributed by atoms with Crippen LogP contribution >= 0.6 is 0 Å². The average Bonchev–Trinajstić information content (AvgIpc) is 3.97. The number of nitrogens with zero attached hydrogens (tertiary/aromatic N) is 10. The summed E-state index contributed by atoms with van der Waals surface area (Å²) in [5.74, 6) is 0.827. The van der Waals surface area contributed by atoms with E-state index in [0.717, 1.165) is 49.6 Å². The van der Waals surface area contributed by atoms with Crippen molar-refractivity contribution in [2.75, 3.05) is 0 Å². The second-order valence-electron chi connectivity index (χ2n) is 17.1. The summed E-state index contributed by atoms with van der Waals surface area (Å²) in [5, 5.41) is 61.7. The highest BCUT2D eigenvalue weighted by atomic mass is 15.1. The summed E-state index contributed by atoms with van der Waals surface area (Å²) in [4.78, 5) is 10.2. The molecule has 0 aliphatic heterocycles. The number of nitrogens with one attached hydrogen (secondary N) is 1. The van der Waals surface area contributed by atoms with E-state index in [0.29, 0.717) is 17.0 Å². The van der Waals surface area contributed by atoms with Gasteiger partial charge in [0.05, 0.1) is 61.4 Å². The molecule has 0 amide bonds. The quantitative estimate of drug-likeness (QED) is 0.183. The number of pyridine rings is 2. The standard InChI is InChI=1S/C50H35N11/c1-49(2,3)28-11-16-44-34(19-28)33-14-15-40(41-22-42(59-58-41)47-38(26-54)36(24-52)35(23-51)37(25-53)39(47)27-55)57-48(33)60(44)30-12-13-32-31-9-7-8-10-43(31)61(45(32)21-30)46-20-29(17-18-56-46)50(4,5)6/h7-22H,1-6H3,(H,58,59). The molecule has 1 N–H and O–H groups in total. The van der Waals surface area contributed by atoms with Crippen LogP contribution in [0.3, 0.4) is 0 Å². The Morgan fingerprint density at radius 1 is 0.525 bits per heavy atom. The number of hydrogen-bond donors (Lipinski definition) is 1. The van der Waals surface area contributed by atoms with Crippen LogP contribution in [-0.4, -0.2) is 29.3 Å². The molecule has 0 spiro atoms. The van der Waals surface area contributed by atoms with Crippen molar-refractivity contribution >= 4 is 43.7 Å². The van der Waals surface area contributed by atoms with Gasteiger partial charge < -0.3 is 0 Å². The first kappa shape index (κ1) is 38.0. The molecule has 5 aromatic heterocycles. The van der Waals surface area contributed by atoms with Crippen molar-refractivity contribution in [3.05, 3.63) is 136 Å². The predicted octanol–water partition coefficient (Wildman–Crippen LogP) is 10.7. The lowest BCUT2D eigenvalue weighted by Crippen LogP contribution is -2.12. The Morgan fingerprint density at radius 3 is 1.80 bits per heavy atom.